The van der Waals surface area contributed by atoms with Gasteiger partial charge in [-0.15, -0.1) is 0 Å². The molecule has 1 nitrogen and oxygen atoms in total. The van der Waals surface area contributed by atoms with Crippen molar-refractivity contribution in [2.45, 2.75) is 47.6 Å². The molecule has 1 atom stereocenters. The first-order valence-electron chi connectivity index (χ1n) is 7.34. The highest BCUT2D eigenvalue weighted by molar-refractivity contribution is 5.53. The van der Waals surface area contributed by atoms with E-state index in [4.69, 9.17) is 5.73 Å². The third kappa shape index (κ3) is 2.60. The molecule has 21 heavy (non-hydrogen) atoms. The number of hydrogen-bond donors (Lipinski definition) is 1. The number of hydrogen-bond acceptors (Lipinski definition) is 1. The van der Waals surface area contributed by atoms with E-state index >= 15 is 0 Å². The molecule has 2 rings (SSSR count). The largest absolute Gasteiger partial charge is 0.320 e. The Bertz CT molecular complexity index is 672. The van der Waals surface area contributed by atoms with Crippen LogP contribution in [0.3, 0.4) is 0 Å². The zero-order valence-corrected chi connectivity index (χ0v) is 13.8. The van der Waals surface area contributed by atoms with E-state index in [0.717, 1.165) is 11.1 Å². The third-order valence-electron chi connectivity index (χ3n) is 4.86. The minimum atomic E-state index is -0.428. The Kier molecular flexibility index (Phi) is 4.20. The lowest BCUT2D eigenvalue weighted by Crippen LogP contribution is -2.18. The van der Waals surface area contributed by atoms with Gasteiger partial charge in [0.25, 0.3) is 0 Å². The summed E-state index contributed by atoms with van der Waals surface area (Å²) in [5.41, 5.74) is 15.2. The second-order valence-electron chi connectivity index (χ2n) is 6.04. The molecule has 0 saturated heterocycles. The predicted molar refractivity (Wildman–Crippen MR) is 87.3 cm³/mol. The summed E-state index contributed by atoms with van der Waals surface area (Å²) < 4.78 is 14.2. The Balaban J connectivity index is 2.69. The van der Waals surface area contributed by atoms with Crippen molar-refractivity contribution in [2.24, 2.45) is 5.73 Å². The molecule has 0 aliphatic carbocycles. The molecule has 2 heteroatoms. The zero-order chi connectivity index (χ0) is 15.9. The van der Waals surface area contributed by atoms with Gasteiger partial charge in [-0.1, -0.05) is 17.7 Å². The van der Waals surface area contributed by atoms with E-state index in [-0.39, 0.29) is 5.82 Å². The van der Waals surface area contributed by atoms with Crippen molar-refractivity contribution < 1.29 is 4.39 Å². The first-order valence-corrected chi connectivity index (χ1v) is 7.34. The number of nitrogens with two attached hydrogens (primary N) is 1. The van der Waals surface area contributed by atoms with Crippen LogP contribution in [-0.4, -0.2) is 0 Å². The summed E-state index contributed by atoms with van der Waals surface area (Å²) in [6.07, 6.45) is 0. The van der Waals surface area contributed by atoms with Crippen LogP contribution in [0.15, 0.2) is 18.2 Å². The molecule has 112 valence electrons. The van der Waals surface area contributed by atoms with E-state index in [2.05, 4.69) is 34.6 Å². The lowest BCUT2D eigenvalue weighted by Gasteiger charge is -2.24. The molecule has 0 radical (unpaired) electrons. The number of benzene rings is 2. The summed E-state index contributed by atoms with van der Waals surface area (Å²) in [4.78, 5) is 0. The van der Waals surface area contributed by atoms with Gasteiger partial charge in [-0.2, -0.15) is 0 Å². The van der Waals surface area contributed by atoms with Gasteiger partial charge in [0, 0.05) is 5.56 Å². The van der Waals surface area contributed by atoms with Crippen LogP contribution < -0.4 is 5.73 Å². The monoisotopic (exact) mass is 285 g/mol. The van der Waals surface area contributed by atoms with Crippen LogP contribution in [0.2, 0.25) is 0 Å². The van der Waals surface area contributed by atoms with Crippen LogP contribution in [0.5, 0.6) is 0 Å². The van der Waals surface area contributed by atoms with E-state index in [9.17, 15) is 4.39 Å². The molecule has 0 spiro atoms. The first-order chi connectivity index (χ1) is 9.75. The van der Waals surface area contributed by atoms with Crippen molar-refractivity contribution in [3.63, 3.8) is 0 Å². The zero-order valence-electron chi connectivity index (χ0n) is 13.8. The van der Waals surface area contributed by atoms with Crippen molar-refractivity contribution in [3.8, 4) is 0 Å². The van der Waals surface area contributed by atoms with Crippen molar-refractivity contribution in [1.82, 2.24) is 0 Å². The highest BCUT2D eigenvalue weighted by Crippen LogP contribution is 2.33. The molecule has 0 aliphatic heterocycles. The van der Waals surface area contributed by atoms with Crippen molar-refractivity contribution in [3.05, 3.63) is 68.5 Å². The fraction of sp³-hybridized carbons (Fsp3) is 0.368. The van der Waals surface area contributed by atoms with E-state index in [1.807, 2.05) is 13.0 Å². The summed E-state index contributed by atoms with van der Waals surface area (Å²) in [5.74, 6) is -0.234. The van der Waals surface area contributed by atoms with Crippen molar-refractivity contribution in [1.29, 1.82) is 0 Å². The molecular formula is C19H24FN. The molecule has 0 aromatic heterocycles. The molecule has 0 amide bonds. The fourth-order valence-electron chi connectivity index (χ4n) is 3.05. The highest BCUT2D eigenvalue weighted by Gasteiger charge is 2.21. The molecule has 2 aromatic rings. The molecule has 0 aliphatic rings. The van der Waals surface area contributed by atoms with Gasteiger partial charge >= 0.3 is 0 Å². The fourth-order valence-corrected chi connectivity index (χ4v) is 3.05. The second-order valence-corrected chi connectivity index (χ2v) is 6.04. The Morgan fingerprint density at radius 1 is 0.810 bits per heavy atom. The third-order valence-corrected chi connectivity index (χ3v) is 4.86. The minimum Gasteiger partial charge on any atom is -0.320 e. The molecule has 0 saturated carbocycles. The maximum absolute atomic E-state index is 14.2. The summed E-state index contributed by atoms with van der Waals surface area (Å²) in [6.45, 7) is 12.5. The van der Waals surface area contributed by atoms with Gasteiger partial charge in [0.2, 0.25) is 0 Å². The molecular weight excluding hydrogens is 261 g/mol. The number of aryl methyl sites for hydroxylation is 1. The quantitative estimate of drug-likeness (QED) is 0.848. The van der Waals surface area contributed by atoms with Gasteiger partial charge in [-0.05, 0) is 81.0 Å². The molecule has 2 aromatic carbocycles. The average Bonchev–Trinajstić information content (AvgIpc) is 2.45. The SMILES string of the molecule is Cc1ccc(F)c(C(N)c2c(C)c(C)c(C)c(C)c2C)c1. The van der Waals surface area contributed by atoms with E-state index in [1.165, 1.54) is 33.9 Å². The Morgan fingerprint density at radius 3 is 1.81 bits per heavy atom. The van der Waals surface area contributed by atoms with Gasteiger partial charge in [0.1, 0.15) is 5.82 Å². The maximum atomic E-state index is 14.2. The minimum absolute atomic E-state index is 0.234. The molecule has 2 N–H and O–H groups in total. The predicted octanol–water partition coefficient (Wildman–Crippen LogP) is 4.72. The number of rotatable bonds is 2. The first kappa shape index (κ1) is 15.7. The van der Waals surface area contributed by atoms with Crippen LogP contribution >= 0.6 is 0 Å². The Morgan fingerprint density at radius 2 is 1.29 bits per heavy atom. The van der Waals surface area contributed by atoms with Gasteiger partial charge < -0.3 is 5.73 Å². The van der Waals surface area contributed by atoms with Gasteiger partial charge in [0.05, 0.1) is 6.04 Å². The standard InChI is InChI=1S/C19H24FN/c1-10-7-8-17(20)16(9-10)19(21)18-14(5)12(3)11(2)13(4)15(18)6/h7-9,19H,21H2,1-6H3. The Labute approximate surface area is 127 Å². The topological polar surface area (TPSA) is 26.0 Å². The van der Waals surface area contributed by atoms with Crippen molar-refractivity contribution >= 4 is 0 Å². The van der Waals surface area contributed by atoms with E-state index in [0.29, 0.717) is 5.56 Å². The van der Waals surface area contributed by atoms with Gasteiger partial charge in [-0.3, -0.25) is 0 Å². The second kappa shape index (κ2) is 5.61. The normalized spacial score (nSPS) is 12.6. The average molecular weight is 285 g/mol. The Hall–Kier alpha value is -1.67. The van der Waals surface area contributed by atoms with Crippen LogP contribution in [0.25, 0.3) is 0 Å². The van der Waals surface area contributed by atoms with E-state index < -0.39 is 6.04 Å². The van der Waals surface area contributed by atoms with Crippen LogP contribution in [0.1, 0.15) is 50.5 Å². The molecule has 1 unspecified atom stereocenters. The van der Waals surface area contributed by atoms with E-state index in [1.54, 1.807) is 6.07 Å². The molecule has 0 heterocycles. The highest BCUT2D eigenvalue weighted by atomic mass is 19.1. The van der Waals surface area contributed by atoms with Crippen LogP contribution in [0.4, 0.5) is 4.39 Å². The lowest BCUT2D eigenvalue weighted by molar-refractivity contribution is 0.598. The molecule has 0 bridgehead atoms. The van der Waals surface area contributed by atoms with Crippen LogP contribution in [0, 0.1) is 47.4 Å². The summed E-state index contributed by atoms with van der Waals surface area (Å²) in [6, 6.07) is 4.70. The summed E-state index contributed by atoms with van der Waals surface area (Å²) in [5, 5.41) is 0. The summed E-state index contributed by atoms with van der Waals surface area (Å²) in [7, 11) is 0. The van der Waals surface area contributed by atoms with Gasteiger partial charge in [0.15, 0.2) is 0 Å². The lowest BCUT2D eigenvalue weighted by atomic mass is 9.84. The van der Waals surface area contributed by atoms with Gasteiger partial charge in [-0.25, -0.2) is 4.39 Å². The van der Waals surface area contributed by atoms with Crippen molar-refractivity contribution in [2.75, 3.05) is 0 Å². The number of halogens is 1. The summed E-state index contributed by atoms with van der Waals surface area (Å²) >= 11 is 0. The smallest absolute Gasteiger partial charge is 0.128 e. The maximum Gasteiger partial charge on any atom is 0.128 e. The molecule has 0 fully saturated rings. The van der Waals surface area contributed by atoms with Crippen LogP contribution in [-0.2, 0) is 0 Å².